The molecule has 1 heterocycles. The molecule has 2 rings (SSSR count). The lowest BCUT2D eigenvalue weighted by molar-refractivity contribution is 0.0598. The maximum atomic E-state index is 4.17. The van der Waals surface area contributed by atoms with Crippen molar-refractivity contribution in [3.63, 3.8) is 0 Å². The lowest BCUT2D eigenvalue weighted by Crippen LogP contribution is -2.56. The number of hydrogen-bond acceptors (Lipinski definition) is 3. The van der Waals surface area contributed by atoms with Crippen molar-refractivity contribution in [2.45, 2.75) is 31.3 Å². The Kier molecular flexibility index (Phi) is 3.64. The van der Waals surface area contributed by atoms with Gasteiger partial charge in [-0.1, -0.05) is 6.58 Å². The summed E-state index contributed by atoms with van der Waals surface area (Å²) in [5.41, 5.74) is 1.59. The summed E-state index contributed by atoms with van der Waals surface area (Å²) >= 11 is 0. The van der Waals surface area contributed by atoms with E-state index in [1.54, 1.807) is 10.9 Å². The van der Waals surface area contributed by atoms with E-state index in [2.05, 4.69) is 36.0 Å². The monoisotopic (exact) mass is 234 g/mol. The second-order valence-electron chi connectivity index (χ2n) is 5.09. The van der Waals surface area contributed by atoms with Crippen molar-refractivity contribution in [1.82, 2.24) is 20.0 Å². The number of aromatic nitrogens is 2. The minimum atomic E-state index is 0.383. The Balaban J connectivity index is 1.81. The number of hydrogen-bond donors (Lipinski definition) is 1. The van der Waals surface area contributed by atoms with Gasteiger partial charge in [-0.05, 0) is 33.4 Å². The van der Waals surface area contributed by atoms with Gasteiger partial charge in [-0.25, -0.2) is 4.68 Å². The molecule has 1 aliphatic carbocycles. The first kappa shape index (κ1) is 12.3. The minimum absolute atomic E-state index is 0.383. The highest BCUT2D eigenvalue weighted by atomic mass is 15.2. The minimum Gasteiger partial charge on any atom is -0.311 e. The Morgan fingerprint density at radius 1 is 1.59 bits per heavy atom. The summed E-state index contributed by atoms with van der Waals surface area (Å²) in [6.07, 6.45) is 9.56. The molecule has 0 saturated heterocycles. The smallest absolute Gasteiger partial charge is 0.0538 e. The summed E-state index contributed by atoms with van der Waals surface area (Å²) < 4.78 is 1.74. The molecule has 0 atom stereocenters. The predicted octanol–water partition coefficient (Wildman–Crippen LogP) is 1.56. The first-order valence-corrected chi connectivity index (χ1v) is 6.20. The van der Waals surface area contributed by atoms with Crippen LogP contribution in [0.1, 0.15) is 24.8 Å². The van der Waals surface area contributed by atoms with Gasteiger partial charge < -0.3 is 10.2 Å². The Labute approximate surface area is 103 Å². The molecule has 0 aromatic carbocycles. The van der Waals surface area contributed by atoms with Gasteiger partial charge in [0.1, 0.15) is 0 Å². The average Bonchev–Trinajstić information content (AvgIpc) is 2.69. The lowest BCUT2D eigenvalue weighted by atomic mass is 9.75. The van der Waals surface area contributed by atoms with Gasteiger partial charge in [0.2, 0.25) is 0 Å². The third-order valence-corrected chi connectivity index (χ3v) is 3.86. The van der Waals surface area contributed by atoms with Gasteiger partial charge in [0.15, 0.2) is 0 Å². The Bertz CT molecular complexity index is 377. The van der Waals surface area contributed by atoms with Gasteiger partial charge in [-0.2, -0.15) is 5.10 Å². The van der Waals surface area contributed by atoms with Crippen LogP contribution in [0.2, 0.25) is 0 Å². The van der Waals surface area contributed by atoms with Gasteiger partial charge in [0, 0.05) is 36.6 Å². The Morgan fingerprint density at radius 3 is 2.82 bits per heavy atom. The quantitative estimate of drug-likeness (QED) is 0.811. The number of nitrogens with one attached hydrogen (secondary N) is 1. The molecule has 4 heteroatoms. The number of likely N-dealkylation sites (N-methyl/N-ethyl adjacent to an activating group) is 1. The fraction of sp³-hybridized carbons (Fsp3) is 0.615. The molecule has 4 nitrogen and oxygen atoms in total. The molecule has 1 saturated carbocycles. The van der Waals surface area contributed by atoms with Crippen LogP contribution >= 0.6 is 0 Å². The van der Waals surface area contributed by atoms with Gasteiger partial charge >= 0.3 is 0 Å². The van der Waals surface area contributed by atoms with Crippen LogP contribution in [0, 0.1) is 0 Å². The van der Waals surface area contributed by atoms with Crippen molar-refractivity contribution in [2.24, 2.45) is 0 Å². The topological polar surface area (TPSA) is 33.1 Å². The molecule has 1 fully saturated rings. The van der Waals surface area contributed by atoms with E-state index < -0.39 is 0 Å². The summed E-state index contributed by atoms with van der Waals surface area (Å²) in [5.74, 6) is 0. The Morgan fingerprint density at radius 2 is 2.35 bits per heavy atom. The van der Waals surface area contributed by atoms with Crippen molar-refractivity contribution in [3.8, 4) is 0 Å². The lowest BCUT2D eigenvalue weighted by Gasteiger charge is -2.47. The molecule has 1 aromatic rings. The van der Waals surface area contributed by atoms with Crippen molar-refractivity contribution >= 4 is 6.20 Å². The molecule has 0 spiro atoms. The highest BCUT2D eigenvalue weighted by Gasteiger charge is 2.38. The van der Waals surface area contributed by atoms with Crippen molar-refractivity contribution in [3.05, 3.63) is 24.5 Å². The SMILES string of the molecule is C=Cn1cc(CNCC2(N(C)C)CCC2)cn1. The molecule has 1 N–H and O–H groups in total. The summed E-state index contributed by atoms with van der Waals surface area (Å²) in [6, 6.07) is 0. The van der Waals surface area contributed by atoms with Crippen molar-refractivity contribution in [2.75, 3.05) is 20.6 Å². The van der Waals surface area contributed by atoms with Crippen LogP contribution in [-0.4, -0.2) is 40.9 Å². The fourth-order valence-corrected chi connectivity index (χ4v) is 2.38. The van der Waals surface area contributed by atoms with Gasteiger partial charge in [0.05, 0.1) is 6.20 Å². The summed E-state index contributed by atoms with van der Waals surface area (Å²) in [6.45, 7) is 5.62. The van der Waals surface area contributed by atoms with Crippen LogP contribution < -0.4 is 5.32 Å². The summed E-state index contributed by atoms with van der Waals surface area (Å²) in [7, 11) is 4.35. The van der Waals surface area contributed by atoms with Crippen LogP contribution in [0.3, 0.4) is 0 Å². The van der Waals surface area contributed by atoms with E-state index in [0.29, 0.717) is 5.54 Å². The first-order valence-electron chi connectivity index (χ1n) is 6.20. The zero-order chi connectivity index (χ0) is 12.3. The van der Waals surface area contributed by atoms with Crippen LogP contribution in [0.15, 0.2) is 19.0 Å². The van der Waals surface area contributed by atoms with Crippen LogP contribution in [0.25, 0.3) is 6.20 Å². The second-order valence-corrected chi connectivity index (χ2v) is 5.09. The highest BCUT2D eigenvalue weighted by molar-refractivity contribution is 5.17. The Hall–Kier alpha value is -1.13. The maximum Gasteiger partial charge on any atom is 0.0538 e. The first-order chi connectivity index (χ1) is 8.16. The van der Waals surface area contributed by atoms with Crippen LogP contribution in [-0.2, 0) is 6.54 Å². The molecule has 0 aliphatic heterocycles. The largest absolute Gasteiger partial charge is 0.311 e. The maximum absolute atomic E-state index is 4.17. The standard InChI is InChI=1S/C13H22N4/c1-4-17-10-12(9-15-17)8-14-11-13(16(2)3)6-5-7-13/h4,9-10,14H,1,5-8,11H2,2-3H3. The number of rotatable bonds is 6. The van der Waals surface area contributed by atoms with Crippen LogP contribution in [0.5, 0.6) is 0 Å². The van der Waals surface area contributed by atoms with E-state index in [1.165, 1.54) is 24.8 Å². The fourth-order valence-electron chi connectivity index (χ4n) is 2.38. The third-order valence-electron chi connectivity index (χ3n) is 3.86. The molecule has 1 aliphatic rings. The molecule has 17 heavy (non-hydrogen) atoms. The molecule has 0 amide bonds. The van der Waals surface area contributed by atoms with Gasteiger partial charge in [-0.3, -0.25) is 0 Å². The predicted molar refractivity (Wildman–Crippen MR) is 70.6 cm³/mol. The number of nitrogens with zero attached hydrogens (tertiary/aromatic N) is 3. The van der Waals surface area contributed by atoms with E-state index in [0.717, 1.165) is 13.1 Å². The molecular formula is C13H22N4. The molecule has 0 radical (unpaired) electrons. The van der Waals surface area contributed by atoms with Gasteiger partial charge in [-0.15, -0.1) is 0 Å². The van der Waals surface area contributed by atoms with Gasteiger partial charge in [0.25, 0.3) is 0 Å². The average molecular weight is 234 g/mol. The van der Waals surface area contributed by atoms with Crippen molar-refractivity contribution in [1.29, 1.82) is 0 Å². The second kappa shape index (κ2) is 5.02. The van der Waals surface area contributed by atoms with E-state index in [1.807, 2.05) is 12.4 Å². The molecule has 0 bridgehead atoms. The van der Waals surface area contributed by atoms with E-state index in [4.69, 9.17) is 0 Å². The van der Waals surface area contributed by atoms with E-state index in [9.17, 15) is 0 Å². The normalized spacial score (nSPS) is 18.1. The van der Waals surface area contributed by atoms with Crippen molar-refractivity contribution < 1.29 is 0 Å². The summed E-state index contributed by atoms with van der Waals surface area (Å²) in [5, 5.41) is 7.70. The van der Waals surface area contributed by atoms with Crippen LogP contribution in [0.4, 0.5) is 0 Å². The highest BCUT2D eigenvalue weighted by Crippen LogP contribution is 2.35. The van der Waals surface area contributed by atoms with E-state index in [-0.39, 0.29) is 0 Å². The van der Waals surface area contributed by atoms with E-state index >= 15 is 0 Å². The zero-order valence-electron chi connectivity index (χ0n) is 10.8. The molecular weight excluding hydrogens is 212 g/mol. The molecule has 1 aromatic heterocycles. The molecule has 0 unspecified atom stereocenters. The molecule has 94 valence electrons. The third kappa shape index (κ3) is 2.58. The summed E-state index contributed by atoms with van der Waals surface area (Å²) in [4.78, 5) is 2.36. The zero-order valence-corrected chi connectivity index (χ0v) is 10.8.